The molecule has 2 atom stereocenters. The highest BCUT2D eigenvalue weighted by atomic mass is 16.4. The van der Waals surface area contributed by atoms with Crippen LogP contribution in [-0.2, 0) is 4.74 Å². The Labute approximate surface area is 75.1 Å². The largest absolute Gasteiger partial charge is 0.388 e. The lowest BCUT2D eigenvalue weighted by molar-refractivity contribution is 0.277. The molecule has 0 aromatic rings. The highest BCUT2D eigenvalue weighted by Crippen LogP contribution is 2.42. The molecule has 1 nitrogen and oxygen atoms in total. The van der Waals surface area contributed by atoms with Gasteiger partial charge >= 0.3 is 0 Å². The Kier molecular flexibility index (Phi) is 3.54. The van der Waals surface area contributed by atoms with Gasteiger partial charge in [-0.3, -0.25) is 0 Å². The Morgan fingerprint density at radius 1 is 1.42 bits per heavy atom. The number of fused-ring (bicyclic) bond motifs is 2. The van der Waals surface area contributed by atoms with Crippen molar-refractivity contribution < 1.29 is 4.74 Å². The summed E-state index contributed by atoms with van der Waals surface area (Å²) in [4.78, 5) is 0. The van der Waals surface area contributed by atoms with E-state index in [-0.39, 0.29) is 0 Å². The van der Waals surface area contributed by atoms with E-state index in [0.29, 0.717) is 0 Å². The average Bonchev–Trinajstić information content (AvgIpc) is 2.65. The number of methoxy groups -OCH3 is 1. The summed E-state index contributed by atoms with van der Waals surface area (Å²) >= 11 is 0. The molecule has 68 valence electrons. The minimum atomic E-state index is 0.833. The number of hydrogen-bond acceptors (Lipinski definition) is 1. The molecular weight excluding hydrogens is 148 g/mol. The number of allylic oxidation sites excluding steroid dienone is 4. The lowest BCUT2D eigenvalue weighted by Crippen LogP contribution is -1.90. The zero-order valence-corrected chi connectivity index (χ0v) is 8.21. The van der Waals surface area contributed by atoms with E-state index in [1.54, 1.807) is 19.8 Å². The first kappa shape index (κ1) is 9.53. The molecule has 2 aliphatic rings. The number of hydrogen-bond donors (Lipinski definition) is 0. The van der Waals surface area contributed by atoms with Crippen LogP contribution in [0.1, 0.15) is 19.8 Å². The molecule has 0 N–H and O–H groups in total. The number of rotatable bonds is 0. The Morgan fingerprint density at radius 3 is 2.33 bits per heavy atom. The van der Waals surface area contributed by atoms with Crippen molar-refractivity contribution in [2.45, 2.75) is 19.8 Å². The molecule has 2 aliphatic carbocycles. The maximum atomic E-state index is 4.25. The second kappa shape index (κ2) is 4.46. The van der Waals surface area contributed by atoms with Crippen LogP contribution < -0.4 is 0 Å². The molecule has 0 radical (unpaired) electrons. The summed E-state index contributed by atoms with van der Waals surface area (Å²) in [5.74, 6) is 1.74. The van der Waals surface area contributed by atoms with Crippen molar-refractivity contribution in [3.05, 3.63) is 23.8 Å². The topological polar surface area (TPSA) is 9.23 Å². The molecule has 2 bridgehead atoms. The van der Waals surface area contributed by atoms with Gasteiger partial charge in [0.05, 0.1) is 0 Å². The Morgan fingerprint density at radius 2 is 2.08 bits per heavy atom. The molecule has 1 heteroatoms. The molecule has 2 unspecified atom stereocenters. The summed E-state index contributed by atoms with van der Waals surface area (Å²) < 4.78 is 4.25. The van der Waals surface area contributed by atoms with Gasteiger partial charge in [0.1, 0.15) is 0 Å². The molecular formula is C11H18O. The van der Waals surface area contributed by atoms with Crippen LogP contribution in [-0.4, -0.2) is 14.2 Å². The third-order valence-electron chi connectivity index (χ3n) is 2.52. The Balaban J connectivity index is 0.000000213. The second-order valence-corrected chi connectivity index (χ2v) is 3.46. The molecule has 0 aromatic carbocycles. The fourth-order valence-corrected chi connectivity index (χ4v) is 1.99. The van der Waals surface area contributed by atoms with Crippen molar-refractivity contribution in [3.8, 4) is 0 Å². The molecule has 2 rings (SSSR count). The summed E-state index contributed by atoms with van der Waals surface area (Å²) in [7, 11) is 3.25. The van der Waals surface area contributed by atoms with Gasteiger partial charge in [-0.25, -0.2) is 0 Å². The molecule has 0 saturated heterocycles. The monoisotopic (exact) mass is 166 g/mol. The molecule has 1 saturated carbocycles. The number of ether oxygens (including phenoxy) is 1. The third kappa shape index (κ3) is 1.98. The standard InChI is InChI=1S/C9H12.C2H6O/c1-2-8-5-7-3-4-9(8)6-7;1-3-2/h2-4,7,9H,5-6H2,1H3;1-2H3. The van der Waals surface area contributed by atoms with Gasteiger partial charge in [-0.05, 0) is 31.6 Å². The SMILES string of the molecule is CC=C1CC2C=CC1C2.COC. The molecule has 0 aliphatic heterocycles. The predicted octanol–water partition coefficient (Wildman–Crippen LogP) is 2.79. The quantitative estimate of drug-likeness (QED) is 0.503. The van der Waals surface area contributed by atoms with Crippen LogP contribution in [0.5, 0.6) is 0 Å². The van der Waals surface area contributed by atoms with Gasteiger partial charge < -0.3 is 4.74 Å². The van der Waals surface area contributed by atoms with Crippen LogP contribution >= 0.6 is 0 Å². The zero-order chi connectivity index (χ0) is 8.97. The van der Waals surface area contributed by atoms with Crippen molar-refractivity contribution >= 4 is 0 Å². The van der Waals surface area contributed by atoms with E-state index in [2.05, 4.69) is 29.9 Å². The van der Waals surface area contributed by atoms with Crippen molar-refractivity contribution in [2.24, 2.45) is 11.8 Å². The summed E-state index contributed by atoms with van der Waals surface area (Å²) in [5, 5.41) is 0. The highest BCUT2D eigenvalue weighted by Gasteiger charge is 2.29. The van der Waals surface area contributed by atoms with Crippen molar-refractivity contribution in [3.63, 3.8) is 0 Å². The smallest absolute Gasteiger partial charge is 0.0351 e. The van der Waals surface area contributed by atoms with E-state index in [1.807, 2.05) is 0 Å². The Hall–Kier alpha value is -0.560. The van der Waals surface area contributed by atoms with Gasteiger partial charge in [-0.1, -0.05) is 23.8 Å². The maximum absolute atomic E-state index is 4.25. The fourth-order valence-electron chi connectivity index (χ4n) is 1.99. The van der Waals surface area contributed by atoms with Crippen molar-refractivity contribution in [2.75, 3.05) is 14.2 Å². The van der Waals surface area contributed by atoms with Crippen LogP contribution in [0, 0.1) is 11.8 Å². The molecule has 12 heavy (non-hydrogen) atoms. The van der Waals surface area contributed by atoms with Crippen molar-refractivity contribution in [1.29, 1.82) is 0 Å². The van der Waals surface area contributed by atoms with E-state index in [0.717, 1.165) is 11.8 Å². The molecule has 0 amide bonds. The van der Waals surface area contributed by atoms with Crippen LogP contribution in [0.3, 0.4) is 0 Å². The molecule has 0 aromatic heterocycles. The van der Waals surface area contributed by atoms with Crippen molar-refractivity contribution in [1.82, 2.24) is 0 Å². The van der Waals surface area contributed by atoms with Crippen LogP contribution in [0.15, 0.2) is 23.8 Å². The van der Waals surface area contributed by atoms with E-state index >= 15 is 0 Å². The predicted molar refractivity (Wildman–Crippen MR) is 52.0 cm³/mol. The lowest BCUT2D eigenvalue weighted by Gasteiger charge is -2.05. The molecule has 0 heterocycles. The van der Waals surface area contributed by atoms with Gasteiger partial charge in [-0.15, -0.1) is 0 Å². The van der Waals surface area contributed by atoms with E-state index in [1.165, 1.54) is 12.8 Å². The first-order chi connectivity index (χ1) is 5.81. The maximum Gasteiger partial charge on any atom is 0.0351 e. The summed E-state index contributed by atoms with van der Waals surface area (Å²) in [6, 6.07) is 0. The second-order valence-electron chi connectivity index (χ2n) is 3.46. The Bertz CT molecular complexity index is 191. The average molecular weight is 166 g/mol. The fraction of sp³-hybridized carbons (Fsp3) is 0.636. The minimum absolute atomic E-state index is 0.833. The van der Waals surface area contributed by atoms with E-state index < -0.39 is 0 Å². The highest BCUT2D eigenvalue weighted by molar-refractivity contribution is 5.26. The van der Waals surface area contributed by atoms with Gasteiger partial charge in [0.2, 0.25) is 0 Å². The summed E-state index contributed by atoms with van der Waals surface area (Å²) in [5.41, 5.74) is 1.67. The van der Waals surface area contributed by atoms with E-state index in [9.17, 15) is 0 Å². The first-order valence-corrected chi connectivity index (χ1v) is 4.55. The van der Waals surface area contributed by atoms with Gasteiger partial charge in [0.15, 0.2) is 0 Å². The first-order valence-electron chi connectivity index (χ1n) is 4.55. The van der Waals surface area contributed by atoms with Gasteiger partial charge in [0, 0.05) is 14.2 Å². The minimum Gasteiger partial charge on any atom is -0.388 e. The summed E-state index contributed by atoms with van der Waals surface area (Å²) in [6.45, 7) is 2.16. The van der Waals surface area contributed by atoms with Crippen LogP contribution in [0.25, 0.3) is 0 Å². The molecule has 1 fully saturated rings. The molecule has 0 spiro atoms. The van der Waals surface area contributed by atoms with Gasteiger partial charge in [0.25, 0.3) is 0 Å². The third-order valence-corrected chi connectivity index (χ3v) is 2.52. The summed E-state index contributed by atoms with van der Waals surface area (Å²) in [6.07, 6.45) is 9.77. The zero-order valence-electron chi connectivity index (χ0n) is 8.21. The van der Waals surface area contributed by atoms with E-state index in [4.69, 9.17) is 0 Å². The van der Waals surface area contributed by atoms with Gasteiger partial charge in [-0.2, -0.15) is 0 Å². The lowest BCUT2D eigenvalue weighted by atomic mass is 10.0. The normalized spacial score (nSPS) is 33.8. The van der Waals surface area contributed by atoms with Crippen LogP contribution in [0.4, 0.5) is 0 Å². The van der Waals surface area contributed by atoms with Crippen LogP contribution in [0.2, 0.25) is 0 Å².